The molecule has 0 amide bonds. The van der Waals surface area contributed by atoms with Crippen molar-refractivity contribution in [2.24, 2.45) is 0 Å². The van der Waals surface area contributed by atoms with E-state index >= 15 is 0 Å². The van der Waals surface area contributed by atoms with Crippen molar-refractivity contribution in [2.75, 3.05) is 25.0 Å². The van der Waals surface area contributed by atoms with Crippen molar-refractivity contribution in [1.29, 1.82) is 0 Å². The molecular formula is C20H25N3S. The standard InChI is InChI=1S/C20H25N3S/c1-16-8-7-11-18(14-16)22-20(24)21-15-19(23-12-5-6-13-23)17-9-3-2-4-10-17/h2-4,7-11,14,19H,5-6,12-13,15H2,1H3,(H2,21,22,24)/t19-/m1/s1. The number of hydrogen-bond donors (Lipinski definition) is 2. The van der Waals surface area contributed by atoms with Crippen LogP contribution in [0.15, 0.2) is 54.6 Å². The summed E-state index contributed by atoms with van der Waals surface area (Å²) in [6.45, 7) is 5.24. The summed E-state index contributed by atoms with van der Waals surface area (Å²) >= 11 is 5.48. The molecule has 1 fully saturated rings. The fraction of sp³-hybridized carbons (Fsp3) is 0.350. The Balaban J connectivity index is 1.61. The third-order valence-electron chi connectivity index (χ3n) is 4.50. The molecule has 3 rings (SSSR count). The van der Waals surface area contributed by atoms with Crippen molar-refractivity contribution in [3.05, 3.63) is 65.7 Å². The van der Waals surface area contributed by atoms with E-state index in [-0.39, 0.29) is 0 Å². The van der Waals surface area contributed by atoms with E-state index in [9.17, 15) is 0 Å². The van der Waals surface area contributed by atoms with Gasteiger partial charge >= 0.3 is 0 Å². The van der Waals surface area contributed by atoms with Crippen LogP contribution in [0.3, 0.4) is 0 Å². The Hall–Kier alpha value is -1.91. The normalized spacial score (nSPS) is 15.9. The third kappa shape index (κ3) is 4.56. The zero-order valence-corrected chi connectivity index (χ0v) is 15.0. The number of thiocarbonyl (C=S) groups is 1. The minimum Gasteiger partial charge on any atom is -0.361 e. The maximum atomic E-state index is 5.48. The Morgan fingerprint density at radius 2 is 1.83 bits per heavy atom. The zero-order chi connectivity index (χ0) is 16.8. The number of nitrogens with zero attached hydrogens (tertiary/aromatic N) is 1. The molecule has 0 spiro atoms. The number of hydrogen-bond acceptors (Lipinski definition) is 2. The Morgan fingerprint density at radius 1 is 1.08 bits per heavy atom. The number of nitrogens with one attached hydrogen (secondary N) is 2. The molecule has 0 aromatic heterocycles. The first-order valence-corrected chi connectivity index (χ1v) is 9.04. The van der Waals surface area contributed by atoms with E-state index in [2.05, 4.69) is 64.9 Å². The Kier molecular flexibility index (Phi) is 5.83. The van der Waals surface area contributed by atoms with Gasteiger partial charge in [0.1, 0.15) is 0 Å². The zero-order valence-electron chi connectivity index (χ0n) is 14.2. The van der Waals surface area contributed by atoms with Gasteiger partial charge in [-0.3, -0.25) is 4.90 Å². The molecule has 24 heavy (non-hydrogen) atoms. The molecule has 1 atom stereocenters. The largest absolute Gasteiger partial charge is 0.361 e. The van der Waals surface area contributed by atoms with E-state index in [1.54, 1.807) is 0 Å². The quantitative estimate of drug-likeness (QED) is 0.802. The second kappa shape index (κ2) is 8.27. The van der Waals surface area contributed by atoms with Gasteiger partial charge in [0.25, 0.3) is 0 Å². The van der Waals surface area contributed by atoms with Crippen molar-refractivity contribution in [2.45, 2.75) is 25.8 Å². The lowest BCUT2D eigenvalue weighted by atomic mass is 10.1. The summed E-state index contributed by atoms with van der Waals surface area (Å²) in [5.74, 6) is 0. The first kappa shape index (κ1) is 16.9. The fourth-order valence-corrected chi connectivity index (χ4v) is 3.47. The number of anilines is 1. The van der Waals surface area contributed by atoms with Gasteiger partial charge in [-0.15, -0.1) is 0 Å². The van der Waals surface area contributed by atoms with Crippen LogP contribution in [0.5, 0.6) is 0 Å². The minimum absolute atomic E-state index is 0.367. The van der Waals surface area contributed by atoms with E-state index in [0.29, 0.717) is 11.2 Å². The minimum atomic E-state index is 0.367. The third-order valence-corrected chi connectivity index (χ3v) is 4.74. The van der Waals surface area contributed by atoms with Gasteiger partial charge in [0.2, 0.25) is 0 Å². The predicted octanol–water partition coefficient (Wildman–Crippen LogP) is 4.12. The lowest BCUT2D eigenvalue weighted by molar-refractivity contribution is 0.246. The average molecular weight is 340 g/mol. The fourth-order valence-electron chi connectivity index (χ4n) is 3.27. The molecule has 2 aromatic rings. The van der Waals surface area contributed by atoms with Crippen molar-refractivity contribution in [3.8, 4) is 0 Å². The van der Waals surface area contributed by atoms with E-state index in [1.807, 2.05) is 12.1 Å². The first-order chi connectivity index (χ1) is 11.7. The summed E-state index contributed by atoms with van der Waals surface area (Å²) in [6, 6.07) is 19.3. The topological polar surface area (TPSA) is 27.3 Å². The molecular weight excluding hydrogens is 314 g/mol. The molecule has 1 aliphatic heterocycles. The average Bonchev–Trinajstić information content (AvgIpc) is 3.10. The summed E-state index contributed by atoms with van der Waals surface area (Å²) in [7, 11) is 0. The molecule has 1 heterocycles. The second-order valence-corrected chi connectivity index (χ2v) is 6.78. The van der Waals surface area contributed by atoms with Crippen LogP contribution < -0.4 is 10.6 Å². The molecule has 126 valence electrons. The van der Waals surface area contributed by atoms with Crippen LogP contribution in [0, 0.1) is 6.92 Å². The smallest absolute Gasteiger partial charge is 0.170 e. The maximum Gasteiger partial charge on any atom is 0.170 e. The maximum absolute atomic E-state index is 5.48. The Labute approximate surface area is 150 Å². The van der Waals surface area contributed by atoms with Crippen molar-refractivity contribution in [3.63, 3.8) is 0 Å². The Bertz CT molecular complexity index is 666. The van der Waals surface area contributed by atoms with Gasteiger partial charge in [0.15, 0.2) is 5.11 Å². The van der Waals surface area contributed by atoms with Crippen LogP contribution in [0.2, 0.25) is 0 Å². The van der Waals surface area contributed by atoms with Crippen LogP contribution in [0.4, 0.5) is 5.69 Å². The summed E-state index contributed by atoms with van der Waals surface area (Å²) in [6.07, 6.45) is 2.57. The highest BCUT2D eigenvalue weighted by molar-refractivity contribution is 7.80. The molecule has 2 N–H and O–H groups in total. The number of likely N-dealkylation sites (tertiary alicyclic amines) is 1. The SMILES string of the molecule is Cc1cccc(NC(=S)NC[C@H](c2ccccc2)N2CCCC2)c1. The molecule has 0 saturated carbocycles. The van der Waals surface area contributed by atoms with Gasteiger partial charge in [-0.25, -0.2) is 0 Å². The van der Waals surface area contributed by atoms with Crippen LogP contribution >= 0.6 is 12.2 Å². The molecule has 0 radical (unpaired) electrons. The molecule has 2 aromatic carbocycles. The first-order valence-electron chi connectivity index (χ1n) is 8.63. The molecule has 0 aliphatic carbocycles. The van der Waals surface area contributed by atoms with Gasteiger partial charge in [-0.2, -0.15) is 0 Å². The van der Waals surface area contributed by atoms with Crippen LogP contribution in [0.25, 0.3) is 0 Å². The lowest BCUT2D eigenvalue weighted by Gasteiger charge is -2.28. The number of rotatable bonds is 5. The van der Waals surface area contributed by atoms with Crippen LogP contribution in [-0.2, 0) is 0 Å². The van der Waals surface area contributed by atoms with Gasteiger partial charge in [-0.05, 0) is 68.3 Å². The monoisotopic (exact) mass is 339 g/mol. The van der Waals surface area contributed by atoms with E-state index in [4.69, 9.17) is 12.2 Å². The van der Waals surface area contributed by atoms with Gasteiger partial charge < -0.3 is 10.6 Å². The molecule has 0 bridgehead atoms. The van der Waals surface area contributed by atoms with E-state index in [1.165, 1.54) is 37.1 Å². The van der Waals surface area contributed by atoms with Crippen molar-refractivity contribution in [1.82, 2.24) is 10.2 Å². The second-order valence-electron chi connectivity index (χ2n) is 6.37. The summed E-state index contributed by atoms with van der Waals surface area (Å²) < 4.78 is 0. The van der Waals surface area contributed by atoms with Crippen LogP contribution in [0.1, 0.15) is 30.0 Å². The van der Waals surface area contributed by atoms with Crippen LogP contribution in [-0.4, -0.2) is 29.6 Å². The molecule has 1 aliphatic rings. The van der Waals surface area contributed by atoms with Crippen molar-refractivity contribution >= 4 is 23.0 Å². The van der Waals surface area contributed by atoms with Crippen molar-refractivity contribution < 1.29 is 0 Å². The molecule has 3 nitrogen and oxygen atoms in total. The number of aryl methyl sites for hydroxylation is 1. The highest BCUT2D eigenvalue weighted by atomic mass is 32.1. The highest BCUT2D eigenvalue weighted by Crippen LogP contribution is 2.24. The van der Waals surface area contributed by atoms with E-state index < -0.39 is 0 Å². The summed E-state index contributed by atoms with van der Waals surface area (Å²) in [5, 5.41) is 7.37. The summed E-state index contributed by atoms with van der Waals surface area (Å²) in [4.78, 5) is 2.55. The van der Waals surface area contributed by atoms with Gasteiger partial charge in [-0.1, -0.05) is 42.5 Å². The van der Waals surface area contributed by atoms with Gasteiger partial charge in [0.05, 0.1) is 6.04 Å². The molecule has 0 unspecified atom stereocenters. The van der Waals surface area contributed by atoms with Gasteiger partial charge in [0, 0.05) is 12.2 Å². The number of benzene rings is 2. The Morgan fingerprint density at radius 3 is 2.54 bits per heavy atom. The highest BCUT2D eigenvalue weighted by Gasteiger charge is 2.23. The predicted molar refractivity (Wildman–Crippen MR) is 105 cm³/mol. The molecule has 4 heteroatoms. The summed E-state index contributed by atoms with van der Waals surface area (Å²) in [5.41, 5.74) is 3.61. The van der Waals surface area contributed by atoms with E-state index in [0.717, 1.165) is 12.2 Å². The molecule has 1 saturated heterocycles. The lowest BCUT2D eigenvalue weighted by Crippen LogP contribution is -2.38.